The highest BCUT2D eigenvalue weighted by Gasteiger charge is 2.33. The van der Waals surface area contributed by atoms with Crippen LogP contribution in [0.1, 0.15) is 81.3 Å². The first kappa shape index (κ1) is 41.2. The second-order valence-electron chi connectivity index (χ2n) is 15.7. The molecule has 0 aliphatic carbocycles. The average Bonchev–Trinajstić information content (AvgIpc) is 3.10. The van der Waals surface area contributed by atoms with E-state index in [0.29, 0.717) is 22.9 Å². The molecule has 1 aliphatic rings. The van der Waals surface area contributed by atoms with Crippen LogP contribution in [-0.2, 0) is 44.0 Å². The van der Waals surface area contributed by atoms with E-state index < -0.39 is 20.0 Å². The van der Waals surface area contributed by atoms with Crippen LogP contribution in [0.4, 0.5) is 11.4 Å². The topological polar surface area (TPSA) is 127 Å². The van der Waals surface area contributed by atoms with Gasteiger partial charge in [0.15, 0.2) is 0 Å². The van der Waals surface area contributed by atoms with Crippen LogP contribution in [0.5, 0.6) is 0 Å². The first-order valence-corrected chi connectivity index (χ1v) is 22.8. The van der Waals surface area contributed by atoms with E-state index >= 15 is 0 Å². The minimum Gasteiger partial charge on any atom is -0.326 e. The Labute approximate surface area is 326 Å². The molecule has 0 amide bonds. The highest BCUT2D eigenvalue weighted by Crippen LogP contribution is 2.44. The maximum Gasteiger partial charge on any atom is 0.264 e. The number of benzene rings is 4. The molecule has 5 rings (SSSR count). The number of hydrogen-bond donors (Lipinski definition) is 2. The third-order valence-corrected chi connectivity index (χ3v) is 15.8. The number of rotatable bonds is 6. The molecule has 0 bridgehead atoms. The zero-order chi connectivity index (χ0) is 38.9. The van der Waals surface area contributed by atoms with Crippen molar-refractivity contribution in [2.75, 3.05) is 33.2 Å². The Bertz CT molecular complexity index is 2000. The summed E-state index contributed by atoms with van der Waals surface area (Å²) in [6.45, 7) is 17.0. The molecule has 53 heavy (non-hydrogen) atoms. The summed E-state index contributed by atoms with van der Waals surface area (Å²) < 4.78 is 62.2. The lowest BCUT2D eigenvalue weighted by Gasteiger charge is -2.32. The molecule has 1 heterocycles. The van der Waals surface area contributed by atoms with Crippen LogP contribution in [0.3, 0.4) is 0 Å². The lowest BCUT2D eigenvalue weighted by atomic mass is 9.85. The van der Waals surface area contributed by atoms with Crippen molar-refractivity contribution in [3.8, 4) is 0 Å². The molecule has 0 radical (unpaired) electrons. The fraction of sp³-hybridized carbons (Fsp3) is 0.415. The molecule has 12 heteroatoms. The molecule has 4 aromatic rings. The van der Waals surface area contributed by atoms with Crippen LogP contribution >= 0.6 is 23.5 Å². The third kappa shape index (κ3) is 8.95. The van der Waals surface area contributed by atoms with Crippen molar-refractivity contribution in [3.05, 3.63) is 106 Å². The van der Waals surface area contributed by atoms with Gasteiger partial charge in [-0.2, -0.15) is 0 Å². The predicted octanol–water partition coefficient (Wildman–Crippen LogP) is 8.49. The minimum absolute atomic E-state index is 0.0342. The van der Waals surface area contributed by atoms with E-state index in [2.05, 4.69) is 53.7 Å². The SMILES string of the molecule is Cc1ccc(S(=O)(=O)N2CCCN(S(=O)(=O)c3ccc(C)cc3)c3cc(C(C)(C)C)cc(CN)c3SCCSc3c(CN)cc(C(C)(C)C)cc32)cc1. The lowest BCUT2D eigenvalue weighted by Crippen LogP contribution is -2.37. The molecule has 286 valence electrons. The quantitative estimate of drug-likeness (QED) is 0.199. The maximum absolute atomic E-state index is 14.8. The van der Waals surface area contributed by atoms with Gasteiger partial charge in [0.05, 0.1) is 21.2 Å². The van der Waals surface area contributed by atoms with Gasteiger partial charge in [-0.15, -0.1) is 23.5 Å². The molecule has 0 aromatic heterocycles. The van der Waals surface area contributed by atoms with E-state index in [4.69, 9.17) is 11.5 Å². The molecule has 0 atom stereocenters. The Morgan fingerprint density at radius 3 is 1.23 bits per heavy atom. The van der Waals surface area contributed by atoms with Crippen molar-refractivity contribution >= 4 is 54.9 Å². The van der Waals surface area contributed by atoms with E-state index in [0.717, 1.165) is 43.2 Å². The number of fused-ring (bicyclic) bond motifs is 2. The van der Waals surface area contributed by atoms with Crippen LogP contribution < -0.4 is 20.1 Å². The fourth-order valence-electron chi connectivity index (χ4n) is 6.28. The highest BCUT2D eigenvalue weighted by molar-refractivity contribution is 8.03. The highest BCUT2D eigenvalue weighted by atomic mass is 32.2. The summed E-state index contributed by atoms with van der Waals surface area (Å²) in [5, 5.41) is 0. The first-order valence-electron chi connectivity index (χ1n) is 18.0. The minimum atomic E-state index is -4.09. The number of sulfonamides is 2. The third-order valence-electron chi connectivity index (χ3n) is 9.52. The average molecular weight is 795 g/mol. The molecule has 0 spiro atoms. The summed E-state index contributed by atoms with van der Waals surface area (Å²) in [6.07, 6.45) is 0.208. The van der Waals surface area contributed by atoms with Gasteiger partial charge in [-0.05, 0) is 89.8 Å². The van der Waals surface area contributed by atoms with E-state index in [1.54, 1.807) is 72.1 Å². The molecule has 8 nitrogen and oxygen atoms in total. The van der Waals surface area contributed by atoms with Gasteiger partial charge >= 0.3 is 0 Å². The monoisotopic (exact) mass is 794 g/mol. The number of hydrogen-bond acceptors (Lipinski definition) is 8. The number of nitrogens with zero attached hydrogens (tertiary/aromatic N) is 2. The molecule has 0 saturated carbocycles. The Hall–Kier alpha value is -3.00. The van der Waals surface area contributed by atoms with E-state index in [9.17, 15) is 16.8 Å². The molecular formula is C41H54N4O4S4. The van der Waals surface area contributed by atoms with Crippen LogP contribution in [0, 0.1) is 13.8 Å². The van der Waals surface area contributed by atoms with Crippen LogP contribution in [0.2, 0.25) is 0 Å². The summed E-state index contributed by atoms with van der Waals surface area (Å²) in [7, 11) is -8.19. The van der Waals surface area contributed by atoms with Gasteiger partial charge in [-0.1, -0.05) is 89.1 Å². The zero-order valence-corrected chi connectivity index (χ0v) is 35.5. The van der Waals surface area contributed by atoms with Crippen molar-refractivity contribution < 1.29 is 16.8 Å². The molecule has 4 aromatic carbocycles. The molecule has 0 saturated heterocycles. The molecule has 4 N–H and O–H groups in total. The zero-order valence-electron chi connectivity index (χ0n) is 32.2. The van der Waals surface area contributed by atoms with E-state index in [1.165, 1.54) is 8.61 Å². The standard InChI is InChI=1S/C41H54N4O4S4/c1-28-10-14-34(15-11-28)52(46,47)44-18-9-19-45(53(48,49)35-16-12-29(2)13-17-35)37-25-33(41(6,7)8)23-31(27-43)39(37)51-21-20-50-38-30(26-42)22-32(24-36(38)44)40(3,4)5/h10-17,22-25H,9,18-21,26-27,42-43H2,1-8H3. The molecule has 1 aliphatic heterocycles. The van der Waals surface area contributed by atoms with Crippen molar-refractivity contribution in [1.29, 1.82) is 0 Å². The summed E-state index contributed by atoms with van der Waals surface area (Å²) >= 11 is 3.17. The van der Waals surface area contributed by atoms with Crippen LogP contribution in [0.15, 0.2) is 92.4 Å². The van der Waals surface area contributed by atoms with Crippen LogP contribution in [-0.4, -0.2) is 41.4 Å². The Balaban J connectivity index is 1.77. The maximum atomic E-state index is 14.8. The van der Waals surface area contributed by atoms with Crippen molar-refractivity contribution in [2.45, 2.75) is 105 Å². The van der Waals surface area contributed by atoms with Crippen molar-refractivity contribution in [1.82, 2.24) is 0 Å². The van der Waals surface area contributed by atoms with Gasteiger partial charge in [-0.3, -0.25) is 8.61 Å². The van der Waals surface area contributed by atoms with E-state index in [-0.39, 0.29) is 53.2 Å². The Morgan fingerprint density at radius 1 is 0.585 bits per heavy atom. The van der Waals surface area contributed by atoms with Gasteiger partial charge in [-0.25, -0.2) is 16.8 Å². The van der Waals surface area contributed by atoms with Gasteiger partial charge in [0, 0.05) is 47.5 Å². The van der Waals surface area contributed by atoms with Crippen molar-refractivity contribution in [2.24, 2.45) is 11.5 Å². The largest absolute Gasteiger partial charge is 0.326 e. The number of nitrogens with two attached hydrogens (primary N) is 2. The number of anilines is 2. The summed E-state index contributed by atoms with van der Waals surface area (Å²) in [6, 6.07) is 21.9. The normalized spacial score (nSPS) is 15.2. The van der Waals surface area contributed by atoms with Gasteiger partial charge < -0.3 is 11.5 Å². The second-order valence-corrected chi connectivity index (χ2v) is 21.6. The van der Waals surface area contributed by atoms with Crippen molar-refractivity contribution in [3.63, 3.8) is 0 Å². The summed E-state index contributed by atoms with van der Waals surface area (Å²) in [5.74, 6) is 1.24. The molecule has 0 fully saturated rings. The van der Waals surface area contributed by atoms with Gasteiger partial charge in [0.1, 0.15) is 0 Å². The number of thioether (sulfide) groups is 2. The van der Waals surface area contributed by atoms with E-state index in [1.807, 2.05) is 26.0 Å². The lowest BCUT2D eigenvalue weighted by molar-refractivity contribution is 0.580. The number of aryl methyl sites for hydroxylation is 2. The van der Waals surface area contributed by atoms with Crippen LogP contribution in [0.25, 0.3) is 0 Å². The van der Waals surface area contributed by atoms with Gasteiger partial charge in [0.25, 0.3) is 20.0 Å². The predicted molar refractivity (Wildman–Crippen MR) is 224 cm³/mol. The molecule has 0 unspecified atom stereocenters. The Morgan fingerprint density at radius 2 is 0.925 bits per heavy atom. The summed E-state index contributed by atoms with van der Waals surface area (Å²) in [5.41, 5.74) is 19.0. The first-order chi connectivity index (χ1) is 24.8. The van der Waals surface area contributed by atoms with Gasteiger partial charge in [0.2, 0.25) is 0 Å². The summed E-state index contributed by atoms with van der Waals surface area (Å²) in [4.78, 5) is 1.99. The fourth-order valence-corrected chi connectivity index (χ4v) is 11.8. The second kappa shape index (κ2) is 16.0. The Kier molecular flexibility index (Phi) is 12.4. The smallest absolute Gasteiger partial charge is 0.264 e. The molecular weight excluding hydrogens is 741 g/mol.